The van der Waals surface area contributed by atoms with Crippen molar-refractivity contribution in [3.8, 4) is 5.75 Å². The average Bonchev–Trinajstić information content (AvgIpc) is 2.93. The van der Waals surface area contributed by atoms with Gasteiger partial charge in [-0.05, 0) is 42.8 Å². The molecule has 1 aromatic carbocycles. The zero-order valence-corrected chi connectivity index (χ0v) is 12.1. The van der Waals surface area contributed by atoms with Crippen LogP contribution in [-0.2, 0) is 6.54 Å². The lowest BCUT2D eigenvalue weighted by atomic mass is 10.2. The highest BCUT2D eigenvalue weighted by Gasteiger charge is 2.06. The molecule has 0 radical (unpaired) electrons. The Kier molecular flexibility index (Phi) is 5.47. The van der Waals surface area contributed by atoms with Crippen LogP contribution in [0.3, 0.4) is 0 Å². The molecule has 0 aliphatic heterocycles. The lowest BCUT2D eigenvalue weighted by Gasteiger charge is -2.13. The van der Waals surface area contributed by atoms with Crippen LogP contribution < -0.4 is 10.1 Å². The first-order chi connectivity index (χ1) is 9.65. The van der Waals surface area contributed by atoms with Crippen molar-refractivity contribution in [2.24, 2.45) is 0 Å². The van der Waals surface area contributed by atoms with E-state index in [0.717, 1.165) is 11.3 Å². The highest BCUT2D eigenvalue weighted by atomic mass is 35.5. The molecule has 0 aliphatic rings. The first kappa shape index (κ1) is 14.9. The predicted octanol–water partition coefficient (Wildman–Crippen LogP) is 2.77. The molecule has 2 aromatic rings. The third-order valence-electron chi connectivity index (χ3n) is 2.83. The molecule has 0 bridgehead atoms. The number of aliphatic hydroxyl groups excluding tert-OH is 1. The third-order valence-corrected chi connectivity index (χ3v) is 3.26. The van der Waals surface area contributed by atoms with Gasteiger partial charge in [0.15, 0.2) is 0 Å². The Morgan fingerprint density at radius 3 is 2.95 bits per heavy atom. The van der Waals surface area contributed by atoms with Crippen LogP contribution in [0.15, 0.2) is 41.0 Å². The Morgan fingerprint density at radius 2 is 2.25 bits per heavy atom. The van der Waals surface area contributed by atoms with Gasteiger partial charge in [0, 0.05) is 11.6 Å². The lowest BCUT2D eigenvalue weighted by Crippen LogP contribution is -2.31. The topological polar surface area (TPSA) is 54.6 Å². The Morgan fingerprint density at radius 1 is 1.40 bits per heavy atom. The van der Waals surface area contributed by atoms with Gasteiger partial charge < -0.3 is 19.6 Å². The molecule has 4 nitrogen and oxygen atoms in total. The summed E-state index contributed by atoms with van der Waals surface area (Å²) < 4.78 is 10.7. The lowest BCUT2D eigenvalue weighted by molar-refractivity contribution is 0.105. The maximum absolute atomic E-state index is 9.82. The molecule has 2 N–H and O–H groups in total. The molecule has 0 spiro atoms. The molecule has 0 aliphatic carbocycles. The van der Waals surface area contributed by atoms with Crippen LogP contribution in [-0.4, -0.2) is 24.4 Å². The molecule has 0 saturated heterocycles. The van der Waals surface area contributed by atoms with Gasteiger partial charge in [-0.1, -0.05) is 11.6 Å². The molecule has 20 heavy (non-hydrogen) atoms. The minimum atomic E-state index is -0.582. The van der Waals surface area contributed by atoms with Crippen molar-refractivity contribution < 1.29 is 14.3 Å². The van der Waals surface area contributed by atoms with E-state index >= 15 is 0 Å². The van der Waals surface area contributed by atoms with Gasteiger partial charge in [0.05, 0.1) is 12.8 Å². The zero-order valence-electron chi connectivity index (χ0n) is 11.3. The van der Waals surface area contributed by atoms with Crippen molar-refractivity contribution in [2.45, 2.75) is 19.6 Å². The SMILES string of the molecule is Cc1cc(OCC(O)CNCc2ccco2)ccc1Cl. The van der Waals surface area contributed by atoms with E-state index < -0.39 is 6.10 Å². The zero-order chi connectivity index (χ0) is 14.4. The fourth-order valence-electron chi connectivity index (χ4n) is 1.73. The van der Waals surface area contributed by atoms with Gasteiger partial charge in [0.2, 0.25) is 0 Å². The predicted molar refractivity (Wildman–Crippen MR) is 78.1 cm³/mol. The molecule has 1 unspecified atom stereocenters. The van der Waals surface area contributed by atoms with Gasteiger partial charge in [-0.15, -0.1) is 0 Å². The molecule has 5 heteroatoms. The maximum atomic E-state index is 9.82. The van der Waals surface area contributed by atoms with Gasteiger partial charge in [0.25, 0.3) is 0 Å². The summed E-state index contributed by atoms with van der Waals surface area (Å²) in [4.78, 5) is 0. The van der Waals surface area contributed by atoms with Gasteiger partial charge in [-0.2, -0.15) is 0 Å². The molecule has 1 aromatic heterocycles. The highest BCUT2D eigenvalue weighted by molar-refractivity contribution is 6.31. The van der Waals surface area contributed by atoms with Gasteiger partial charge in [-0.25, -0.2) is 0 Å². The molecule has 2 rings (SSSR count). The number of hydrogen-bond donors (Lipinski definition) is 2. The second kappa shape index (κ2) is 7.33. The van der Waals surface area contributed by atoms with Gasteiger partial charge in [0.1, 0.15) is 24.2 Å². The smallest absolute Gasteiger partial charge is 0.119 e. The third kappa shape index (κ3) is 4.56. The monoisotopic (exact) mass is 295 g/mol. The van der Waals surface area contributed by atoms with Crippen molar-refractivity contribution in [3.05, 3.63) is 52.9 Å². The number of aryl methyl sites for hydroxylation is 1. The number of rotatable bonds is 7. The number of nitrogens with one attached hydrogen (secondary N) is 1. The van der Waals surface area contributed by atoms with Crippen molar-refractivity contribution >= 4 is 11.6 Å². The van der Waals surface area contributed by atoms with Crippen molar-refractivity contribution in [1.29, 1.82) is 0 Å². The number of hydrogen-bond acceptors (Lipinski definition) is 4. The standard InChI is InChI=1S/C15H18ClNO3/c1-11-7-13(4-5-15(11)16)20-10-12(18)8-17-9-14-3-2-6-19-14/h2-7,12,17-18H,8-10H2,1H3. The summed E-state index contributed by atoms with van der Waals surface area (Å²) in [6, 6.07) is 9.14. The summed E-state index contributed by atoms with van der Waals surface area (Å²) >= 11 is 5.94. The van der Waals surface area contributed by atoms with E-state index in [9.17, 15) is 5.11 Å². The molecule has 1 atom stereocenters. The van der Waals surface area contributed by atoms with Crippen molar-refractivity contribution in [1.82, 2.24) is 5.32 Å². The summed E-state index contributed by atoms with van der Waals surface area (Å²) in [5.41, 5.74) is 0.953. The summed E-state index contributed by atoms with van der Waals surface area (Å²) in [5.74, 6) is 1.54. The fourth-order valence-corrected chi connectivity index (χ4v) is 1.85. The normalized spacial score (nSPS) is 12.3. The summed E-state index contributed by atoms with van der Waals surface area (Å²) in [7, 11) is 0. The molecule has 108 valence electrons. The number of aliphatic hydroxyl groups is 1. The molecule has 0 saturated carbocycles. The highest BCUT2D eigenvalue weighted by Crippen LogP contribution is 2.21. The average molecular weight is 296 g/mol. The van der Waals surface area contributed by atoms with Crippen LogP contribution in [0.1, 0.15) is 11.3 Å². The first-order valence-corrected chi connectivity index (χ1v) is 6.83. The summed E-state index contributed by atoms with van der Waals surface area (Å²) in [6.45, 7) is 3.17. The minimum absolute atomic E-state index is 0.228. The van der Waals surface area contributed by atoms with E-state index in [1.54, 1.807) is 18.4 Å². The molecular weight excluding hydrogens is 278 g/mol. The van der Waals surface area contributed by atoms with Crippen LogP contribution in [0.4, 0.5) is 0 Å². The molecule has 0 fully saturated rings. The Hall–Kier alpha value is -1.49. The number of furan rings is 1. The fraction of sp³-hybridized carbons (Fsp3) is 0.333. The van der Waals surface area contributed by atoms with E-state index in [1.165, 1.54) is 0 Å². The van der Waals surface area contributed by atoms with E-state index in [-0.39, 0.29) is 6.61 Å². The Bertz CT molecular complexity index is 528. The quantitative estimate of drug-likeness (QED) is 0.825. The van der Waals surface area contributed by atoms with E-state index in [4.69, 9.17) is 20.8 Å². The Balaban J connectivity index is 1.69. The van der Waals surface area contributed by atoms with Gasteiger partial charge in [-0.3, -0.25) is 0 Å². The van der Waals surface area contributed by atoms with E-state index in [0.29, 0.717) is 23.9 Å². The van der Waals surface area contributed by atoms with E-state index in [1.807, 2.05) is 25.1 Å². The number of benzene rings is 1. The van der Waals surface area contributed by atoms with Gasteiger partial charge >= 0.3 is 0 Å². The van der Waals surface area contributed by atoms with Crippen LogP contribution in [0, 0.1) is 6.92 Å². The summed E-state index contributed by atoms with van der Waals surface area (Å²) in [6.07, 6.45) is 1.04. The van der Waals surface area contributed by atoms with Crippen LogP contribution >= 0.6 is 11.6 Å². The number of halogens is 1. The van der Waals surface area contributed by atoms with Crippen LogP contribution in [0.25, 0.3) is 0 Å². The first-order valence-electron chi connectivity index (χ1n) is 6.45. The molecular formula is C15H18ClNO3. The van der Waals surface area contributed by atoms with Crippen molar-refractivity contribution in [3.63, 3.8) is 0 Å². The molecule has 1 heterocycles. The second-order valence-electron chi connectivity index (χ2n) is 4.59. The Labute approximate surface area is 123 Å². The number of ether oxygens (including phenoxy) is 1. The van der Waals surface area contributed by atoms with Crippen LogP contribution in [0.2, 0.25) is 5.02 Å². The molecule has 0 amide bonds. The van der Waals surface area contributed by atoms with E-state index in [2.05, 4.69) is 5.32 Å². The summed E-state index contributed by atoms with van der Waals surface area (Å²) in [5, 5.41) is 13.6. The largest absolute Gasteiger partial charge is 0.491 e. The maximum Gasteiger partial charge on any atom is 0.119 e. The second-order valence-corrected chi connectivity index (χ2v) is 4.99. The minimum Gasteiger partial charge on any atom is -0.491 e. The van der Waals surface area contributed by atoms with Crippen molar-refractivity contribution in [2.75, 3.05) is 13.2 Å². The van der Waals surface area contributed by atoms with Crippen LogP contribution in [0.5, 0.6) is 5.75 Å².